The molecule has 0 aliphatic carbocycles. The topological polar surface area (TPSA) is 67.2 Å². The van der Waals surface area contributed by atoms with Crippen molar-refractivity contribution < 1.29 is 9.32 Å². The van der Waals surface area contributed by atoms with Crippen molar-refractivity contribution in [3.8, 4) is 0 Å². The van der Waals surface area contributed by atoms with Crippen molar-refractivity contribution in [3.63, 3.8) is 0 Å². The molecule has 0 saturated heterocycles. The number of aromatic nitrogens is 1. The fourth-order valence-corrected chi connectivity index (χ4v) is 2.69. The van der Waals surface area contributed by atoms with E-state index in [1.54, 1.807) is 17.8 Å². The van der Waals surface area contributed by atoms with E-state index in [1.165, 1.54) is 4.90 Å². The Morgan fingerprint density at radius 1 is 1.33 bits per heavy atom. The summed E-state index contributed by atoms with van der Waals surface area (Å²) in [5, 5.41) is 9.72. The summed E-state index contributed by atoms with van der Waals surface area (Å²) in [6.45, 7) is 4.87. The standard InChI is InChI=1S/C15H19N3O2S/c1-11-8-13(18-20-11)10-17-15(19)16-9-12(2)21-14-6-4-3-5-7-14/h3-8,12H,9-10H2,1-2H3,(H2,16,17,19)/t12-/m1/s1. The van der Waals surface area contributed by atoms with E-state index in [0.29, 0.717) is 24.0 Å². The Morgan fingerprint density at radius 2 is 2.10 bits per heavy atom. The number of carbonyl (C=O) groups is 1. The average molecular weight is 305 g/mol. The predicted octanol–water partition coefficient (Wildman–Crippen LogP) is 2.96. The van der Waals surface area contributed by atoms with Crippen LogP contribution in [0, 0.1) is 6.92 Å². The molecule has 0 aliphatic rings. The highest BCUT2D eigenvalue weighted by Gasteiger charge is 2.07. The number of carbonyl (C=O) groups excluding carboxylic acids is 1. The normalized spacial score (nSPS) is 11.9. The van der Waals surface area contributed by atoms with Gasteiger partial charge in [-0.05, 0) is 19.1 Å². The van der Waals surface area contributed by atoms with Crippen molar-refractivity contribution in [2.45, 2.75) is 30.5 Å². The molecule has 112 valence electrons. The maximum Gasteiger partial charge on any atom is 0.315 e. The SMILES string of the molecule is Cc1cc(CNC(=O)NC[C@@H](C)Sc2ccccc2)no1. The van der Waals surface area contributed by atoms with Crippen LogP contribution in [0.3, 0.4) is 0 Å². The molecule has 0 saturated carbocycles. The molecule has 0 unspecified atom stereocenters. The molecule has 1 aromatic heterocycles. The Bertz CT molecular complexity index is 571. The van der Waals surface area contributed by atoms with Crippen molar-refractivity contribution in [2.75, 3.05) is 6.54 Å². The third-order valence-electron chi connectivity index (χ3n) is 2.74. The number of hydrogen-bond acceptors (Lipinski definition) is 4. The van der Waals surface area contributed by atoms with Crippen molar-refractivity contribution in [3.05, 3.63) is 47.9 Å². The van der Waals surface area contributed by atoms with Gasteiger partial charge in [0.05, 0.1) is 6.54 Å². The maximum atomic E-state index is 11.7. The highest BCUT2D eigenvalue weighted by atomic mass is 32.2. The second-order valence-electron chi connectivity index (χ2n) is 4.73. The average Bonchev–Trinajstić information content (AvgIpc) is 2.90. The van der Waals surface area contributed by atoms with E-state index in [9.17, 15) is 4.79 Å². The van der Waals surface area contributed by atoms with Crippen LogP contribution in [-0.2, 0) is 6.54 Å². The molecule has 2 N–H and O–H groups in total. The second kappa shape index (κ2) is 7.73. The number of rotatable bonds is 6. The Kier molecular flexibility index (Phi) is 5.68. The lowest BCUT2D eigenvalue weighted by Crippen LogP contribution is -2.38. The molecule has 0 fully saturated rings. The number of amides is 2. The summed E-state index contributed by atoms with van der Waals surface area (Å²) in [5.74, 6) is 0.736. The minimum Gasteiger partial charge on any atom is -0.361 e. The predicted molar refractivity (Wildman–Crippen MR) is 83.2 cm³/mol. The van der Waals surface area contributed by atoms with E-state index in [0.717, 1.165) is 5.76 Å². The zero-order chi connectivity index (χ0) is 15.1. The number of benzene rings is 1. The summed E-state index contributed by atoms with van der Waals surface area (Å²) in [7, 11) is 0. The fraction of sp³-hybridized carbons (Fsp3) is 0.333. The lowest BCUT2D eigenvalue weighted by Gasteiger charge is -2.12. The van der Waals surface area contributed by atoms with E-state index in [1.807, 2.05) is 25.1 Å². The lowest BCUT2D eigenvalue weighted by molar-refractivity contribution is 0.240. The number of aryl methyl sites for hydroxylation is 1. The van der Waals surface area contributed by atoms with Gasteiger partial charge in [0.15, 0.2) is 0 Å². The van der Waals surface area contributed by atoms with Crippen molar-refractivity contribution in [1.82, 2.24) is 15.8 Å². The molecule has 0 bridgehead atoms. The molecular weight excluding hydrogens is 286 g/mol. The van der Waals surface area contributed by atoms with Gasteiger partial charge in [-0.1, -0.05) is 30.3 Å². The number of urea groups is 1. The molecule has 1 atom stereocenters. The minimum absolute atomic E-state index is 0.198. The monoisotopic (exact) mass is 305 g/mol. The zero-order valence-electron chi connectivity index (χ0n) is 12.1. The van der Waals surface area contributed by atoms with Crippen molar-refractivity contribution in [1.29, 1.82) is 0 Å². The molecule has 2 amide bonds. The molecule has 21 heavy (non-hydrogen) atoms. The van der Waals surface area contributed by atoms with Gasteiger partial charge in [0.2, 0.25) is 0 Å². The molecule has 2 rings (SSSR count). The van der Waals surface area contributed by atoms with Crippen LogP contribution in [-0.4, -0.2) is 23.0 Å². The van der Waals surface area contributed by atoms with E-state index in [-0.39, 0.29) is 6.03 Å². The van der Waals surface area contributed by atoms with Gasteiger partial charge in [-0.2, -0.15) is 0 Å². The first-order valence-corrected chi connectivity index (χ1v) is 7.67. The first kappa shape index (κ1) is 15.4. The largest absolute Gasteiger partial charge is 0.361 e. The quantitative estimate of drug-likeness (QED) is 0.805. The summed E-state index contributed by atoms with van der Waals surface area (Å²) < 4.78 is 4.94. The molecular formula is C15H19N3O2S. The molecule has 1 heterocycles. The van der Waals surface area contributed by atoms with Crippen LogP contribution >= 0.6 is 11.8 Å². The highest BCUT2D eigenvalue weighted by molar-refractivity contribution is 8.00. The Morgan fingerprint density at radius 3 is 2.76 bits per heavy atom. The number of thioether (sulfide) groups is 1. The van der Waals surface area contributed by atoms with Crippen molar-refractivity contribution in [2.24, 2.45) is 0 Å². The van der Waals surface area contributed by atoms with Gasteiger partial charge in [0.25, 0.3) is 0 Å². The van der Waals surface area contributed by atoms with E-state index >= 15 is 0 Å². The summed E-state index contributed by atoms with van der Waals surface area (Å²) >= 11 is 1.73. The van der Waals surface area contributed by atoms with Gasteiger partial charge in [0, 0.05) is 22.8 Å². The van der Waals surface area contributed by atoms with Gasteiger partial charge >= 0.3 is 6.03 Å². The van der Waals surface area contributed by atoms with Gasteiger partial charge in [-0.15, -0.1) is 11.8 Å². The van der Waals surface area contributed by atoms with E-state index in [2.05, 4.69) is 34.8 Å². The second-order valence-corrected chi connectivity index (χ2v) is 6.25. The van der Waals surface area contributed by atoms with Crippen LogP contribution in [0.4, 0.5) is 4.79 Å². The first-order valence-electron chi connectivity index (χ1n) is 6.79. The van der Waals surface area contributed by atoms with Crippen LogP contribution in [0.1, 0.15) is 18.4 Å². The molecule has 5 nitrogen and oxygen atoms in total. The minimum atomic E-state index is -0.198. The van der Waals surface area contributed by atoms with Crippen molar-refractivity contribution >= 4 is 17.8 Å². The van der Waals surface area contributed by atoms with Gasteiger partial charge < -0.3 is 15.2 Å². The highest BCUT2D eigenvalue weighted by Crippen LogP contribution is 2.21. The van der Waals surface area contributed by atoms with Crippen LogP contribution in [0.25, 0.3) is 0 Å². The summed E-state index contributed by atoms with van der Waals surface area (Å²) in [6, 6.07) is 11.7. The van der Waals surface area contributed by atoms with Crippen LogP contribution in [0.15, 0.2) is 45.8 Å². The summed E-state index contributed by atoms with van der Waals surface area (Å²) in [5.41, 5.74) is 0.717. The molecule has 0 aliphatic heterocycles. The fourth-order valence-electron chi connectivity index (χ4n) is 1.74. The van der Waals surface area contributed by atoms with E-state index < -0.39 is 0 Å². The molecule has 6 heteroatoms. The molecule has 0 radical (unpaired) electrons. The first-order chi connectivity index (χ1) is 10.1. The van der Waals surface area contributed by atoms with Crippen LogP contribution in [0.5, 0.6) is 0 Å². The Hall–Kier alpha value is -1.95. The third kappa shape index (κ3) is 5.51. The summed E-state index contributed by atoms with van der Waals surface area (Å²) in [6.07, 6.45) is 0. The Labute approximate surface area is 128 Å². The van der Waals surface area contributed by atoms with Gasteiger partial charge in [-0.25, -0.2) is 4.79 Å². The number of hydrogen-bond donors (Lipinski definition) is 2. The Balaban J connectivity index is 1.66. The molecule has 0 spiro atoms. The number of nitrogens with one attached hydrogen (secondary N) is 2. The van der Waals surface area contributed by atoms with Gasteiger partial charge in [-0.3, -0.25) is 0 Å². The van der Waals surface area contributed by atoms with Crippen LogP contribution < -0.4 is 10.6 Å². The summed E-state index contributed by atoms with van der Waals surface area (Å²) in [4.78, 5) is 12.9. The number of nitrogens with zero attached hydrogens (tertiary/aromatic N) is 1. The van der Waals surface area contributed by atoms with Crippen LogP contribution in [0.2, 0.25) is 0 Å². The lowest BCUT2D eigenvalue weighted by atomic mass is 10.4. The van der Waals surface area contributed by atoms with E-state index in [4.69, 9.17) is 4.52 Å². The third-order valence-corrected chi connectivity index (χ3v) is 3.85. The van der Waals surface area contributed by atoms with Gasteiger partial charge in [0.1, 0.15) is 11.5 Å². The maximum absolute atomic E-state index is 11.7. The smallest absolute Gasteiger partial charge is 0.315 e. The molecule has 2 aromatic rings. The molecule has 1 aromatic carbocycles. The zero-order valence-corrected chi connectivity index (χ0v) is 12.9.